The molecule has 0 spiro atoms. The standard InChI is InChI=1S/C51H33N3S/c1-5-17-34(18-6-1)38-25-13-14-26-39(38)40-29-30-46-48(41-27-15-16-28-45(41)55-46)49(40)50-43(36-21-9-3-10-22-36)33-42(35-19-7-2-8-20-35)47(37-23-11-4-12-24-37)51(50)44-31-32-52-54-53-44/h1-33H. The Morgan fingerprint density at radius 2 is 0.891 bits per heavy atom. The summed E-state index contributed by atoms with van der Waals surface area (Å²) in [5, 5.41) is 15.7. The second-order valence-corrected chi connectivity index (χ2v) is 14.7. The number of nitrogens with zero attached hydrogens (tertiary/aromatic N) is 3. The number of rotatable bonds is 7. The Hall–Kier alpha value is -7.01. The Bertz CT molecular complexity index is 2940. The van der Waals surface area contributed by atoms with Crippen LogP contribution in [0.15, 0.2) is 200 Å². The quantitative estimate of drug-likeness (QED) is 0.165. The Morgan fingerprint density at radius 3 is 1.53 bits per heavy atom. The van der Waals surface area contributed by atoms with E-state index in [1.807, 2.05) is 17.4 Å². The van der Waals surface area contributed by atoms with Gasteiger partial charge in [0.2, 0.25) is 0 Å². The zero-order valence-corrected chi connectivity index (χ0v) is 30.6. The average Bonchev–Trinajstić information content (AvgIpc) is 3.66. The number of thiophene rings is 1. The van der Waals surface area contributed by atoms with Gasteiger partial charge in [-0.15, -0.1) is 21.5 Å². The third kappa shape index (κ3) is 5.81. The lowest BCUT2D eigenvalue weighted by Crippen LogP contribution is -2.02. The molecule has 0 bridgehead atoms. The smallest absolute Gasteiger partial charge is 0.0976 e. The lowest BCUT2D eigenvalue weighted by molar-refractivity contribution is 0.871. The van der Waals surface area contributed by atoms with E-state index in [4.69, 9.17) is 5.10 Å². The predicted molar refractivity (Wildman–Crippen MR) is 231 cm³/mol. The first kappa shape index (κ1) is 32.6. The third-order valence-electron chi connectivity index (χ3n) is 10.4. The second kappa shape index (κ2) is 14.1. The van der Waals surface area contributed by atoms with Crippen molar-refractivity contribution in [3.05, 3.63) is 200 Å². The van der Waals surface area contributed by atoms with Gasteiger partial charge >= 0.3 is 0 Å². The normalized spacial score (nSPS) is 11.3. The van der Waals surface area contributed by atoms with Gasteiger partial charge in [-0.2, -0.15) is 0 Å². The van der Waals surface area contributed by atoms with Gasteiger partial charge < -0.3 is 0 Å². The average molecular weight is 720 g/mol. The van der Waals surface area contributed by atoms with Gasteiger partial charge in [0.1, 0.15) is 0 Å². The van der Waals surface area contributed by atoms with E-state index in [0.29, 0.717) is 0 Å². The first-order chi connectivity index (χ1) is 27.3. The number of hydrogen-bond acceptors (Lipinski definition) is 4. The maximum Gasteiger partial charge on any atom is 0.0976 e. The molecule has 0 unspecified atom stereocenters. The van der Waals surface area contributed by atoms with Crippen LogP contribution < -0.4 is 0 Å². The molecule has 0 aliphatic carbocycles. The topological polar surface area (TPSA) is 38.7 Å². The lowest BCUT2D eigenvalue weighted by atomic mass is 9.77. The number of aromatic nitrogens is 3. The summed E-state index contributed by atoms with van der Waals surface area (Å²) in [6, 6.07) is 69.6. The molecule has 0 atom stereocenters. The van der Waals surface area contributed by atoms with Crippen LogP contribution in [-0.4, -0.2) is 15.4 Å². The molecule has 0 saturated carbocycles. The van der Waals surface area contributed by atoms with E-state index in [-0.39, 0.29) is 0 Å². The van der Waals surface area contributed by atoms with Gasteiger partial charge in [0.25, 0.3) is 0 Å². The highest BCUT2D eigenvalue weighted by Crippen LogP contribution is 2.55. The summed E-state index contributed by atoms with van der Waals surface area (Å²) >= 11 is 1.84. The molecule has 4 heteroatoms. The summed E-state index contributed by atoms with van der Waals surface area (Å²) < 4.78 is 2.49. The van der Waals surface area contributed by atoms with Gasteiger partial charge in [-0.25, -0.2) is 0 Å². The van der Waals surface area contributed by atoms with Crippen molar-refractivity contribution in [3.63, 3.8) is 0 Å². The SMILES string of the molecule is c1ccc(-c2ccccc2-c2ccc3sc4ccccc4c3c2-c2c(-c3ccccc3)cc(-c3ccccc3)c(-c3ccccc3)c2-c2ccnnn2)cc1. The fourth-order valence-electron chi connectivity index (χ4n) is 8.06. The molecule has 8 aromatic carbocycles. The van der Waals surface area contributed by atoms with Crippen molar-refractivity contribution in [1.82, 2.24) is 15.4 Å². The number of hydrogen-bond donors (Lipinski definition) is 0. The predicted octanol–water partition coefficient (Wildman–Crippen LogP) is 13.9. The highest BCUT2D eigenvalue weighted by atomic mass is 32.1. The largest absolute Gasteiger partial charge is 0.139 e. The van der Waals surface area contributed by atoms with Crippen LogP contribution in [0.5, 0.6) is 0 Å². The van der Waals surface area contributed by atoms with Crippen molar-refractivity contribution >= 4 is 31.5 Å². The number of fused-ring (bicyclic) bond motifs is 3. The van der Waals surface area contributed by atoms with Crippen molar-refractivity contribution < 1.29 is 0 Å². The maximum atomic E-state index is 4.83. The van der Waals surface area contributed by atoms with Gasteiger partial charge in [0.15, 0.2) is 0 Å². The molecule has 0 saturated heterocycles. The fourth-order valence-corrected chi connectivity index (χ4v) is 9.17. The summed E-state index contributed by atoms with van der Waals surface area (Å²) in [7, 11) is 0. The zero-order valence-electron chi connectivity index (χ0n) is 29.8. The van der Waals surface area contributed by atoms with Crippen LogP contribution in [0.1, 0.15) is 0 Å². The van der Waals surface area contributed by atoms with E-state index in [2.05, 4.69) is 198 Å². The van der Waals surface area contributed by atoms with Crippen LogP contribution in [0.25, 0.3) is 98.2 Å². The van der Waals surface area contributed by atoms with Crippen LogP contribution in [0.4, 0.5) is 0 Å². The van der Waals surface area contributed by atoms with E-state index >= 15 is 0 Å². The molecule has 2 aromatic heterocycles. The summed E-state index contributed by atoms with van der Waals surface area (Å²) in [5.74, 6) is 0. The highest BCUT2D eigenvalue weighted by Gasteiger charge is 2.29. The van der Waals surface area contributed by atoms with Gasteiger partial charge in [-0.3, -0.25) is 0 Å². The third-order valence-corrected chi connectivity index (χ3v) is 11.6. The molecule has 55 heavy (non-hydrogen) atoms. The van der Waals surface area contributed by atoms with Gasteiger partial charge in [0, 0.05) is 36.9 Å². The first-order valence-corrected chi connectivity index (χ1v) is 19.3. The molecule has 0 aliphatic rings. The molecular formula is C51H33N3S. The van der Waals surface area contributed by atoms with Gasteiger partial charge in [-0.05, 0) is 85.1 Å². The lowest BCUT2D eigenvalue weighted by Gasteiger charge is -2.26. The van der Waals surface area contributed by atoms with Crippen LogP contribution in [-0.2, 0) is 0 Å². The van der Waals surface area contributed by atoms with Crippen LogP contribution in [0.2, 0.25) is 0 Å². The Balaban J connectivity index is 1.47. The fraction of sp³-hybridized carbons (Fsp3) is 0. The molecule has 10 rings (SSSR count). The van der Waals surface area contributed by atoms with E-state index in [0.717, 1.165) is 55.8 Å². The summed E-state index contributed by atoms with van der Waals surface area (Å²) in [6.07, 6.45) is 1.75. The zero-order chi connectivity index (χ0) is 36.6. The van der Waals surface area contributed by atoms with Gasteiger partial charge in [-0.1, -0.05) is 170 Å². The summed E-state index contributed by atoms with van der Waals surface area (Å²) in [6.45, 7) is 0. The monoisotopic (exact) mass is 719 g/mol. The highest BCUT2D eigenvalue weighted by molar-refractivity contribution is 7.26. The summed E-state index contributed by atoms with van der Waals surface area (Å²) in [4.78, 5) is 0. The van der Waals surface area contributed by atoms with E-state index < -0.39 is 0 Å². The summed E-state index contributed by atoms with van der Waals surface area (Å²) in [5.41, 5.74) is 15.4. The molecule has 0 fully saturated rings. The van der Waals surface area contributed by atoms with Crippen LogP contribution in [0.3, 0.4) is 0 Å². The van der Waals surface area contributed by atoms with Crippen molar-refractivity contribution in [3.8, 4) is 78.0 Å². The van der Waals surface area contributed by atoms with Crippen molar-refractivity contribution in [1.29, 1.82) is 0 Å². The molecule has 0 amide bonds. The first-order valence-electron chi connectivity index (χ1n) is 18.4. The van der Waals surface area contributed by atoms with Crippen molar-refractivity contribution in [2.75, 3.05) is 0 Å². The number of benzene rings is 8. The molecular weight excluding hydrogens is 687 g/mol. The Morgan fingerprint density at radius 1 is 0.345 bits per heavy atom. The Kier molecular flexibility index (Phi) is 8.36. The molecule has 258 valence electrons. The maximum absolute atomic E-state index is 4.83. The van der Waals surface area contributed by atoms with E-state index in [1.165, 1.54) is 42.4 Å². The molecule has 0 N–H and O–H groups in total. The molecule has 3 nitrogen and oxygen atoms in total. The van der Waals surface area contributed by atoms with Gasteiger partial charge in [0.05, 0.1) is 11.9 Å². The van der Waals surface area contributed by atoms with E-state index in [9.17, 15) is 0 Å². The van der Waals surface area contributed by atoms with Crippen LogP contribution in [0, 0.1) is 0 Å². The van der Waals surface area contributed by atoms with Crippen LogP contribution >= 0.6 is 11.3 Å². The minimum Gasteiger partial charge on any atom is -0.139 e. The molecule has 10 aromatic rings. The minimum absolute atomic E-state index is 0.762. The minimum atomic E-state index is 0.762. The molecule has 2 heterocycles. The van der Waals surface area contributed by atoms with Crippen molar-refractivity contribution in [2.45, 2.75) is 0 Å². The molecule has 0 radical (unpaired) electrons. The second-order valence-electron chi connectivity index (χ2n) is 13.6. The van der Waals surface area contributed by atoms with E-state index in [1.54, 1.807) is 6.20 Å². The Labute approximate surface area is 323 Å². The molecule has 0 aliphatic heterocycles. The van der Waals surface area contributed by atoms with Crippen molar-refractivity contribution in [2.24, 2.45) is 0 Å².